The van der Waals surface area contributed by atoms with Gasteiger partial charge in [-0.15, -0.1) is 0 Å². The minimum absolute atomic E-state index is 0.0335. The van der Waals surface area contributed by atoms with E-state index in [1.54, 1.807) is 12.1 Å². The fourth-order valence-corrected chi connectivity index (χ4v) is 5.93. The Kier molecular flexibility index (Phi) is 8.10. The number of aryl methyl sites for hydroxylation is 1. The molecule has 38 heavy (non-hydrogen) atoms. The fraction of sp³-hybridized carbons (Fsp3) is 0.516. The third kappa shape index (κ3) is 6.43. The van der Waals surface area contributed by atoms with E-state index >= 15 is 0 Å². The number of halogens is 1. The minimum Gasteiger partial charge on any atom is -0.353 e. The molecule has 5 rings (SSSR count). The zero-order chi connectivity index (χ0) is 26.6. The molecule has 0 bridgehead atoms. The number of hydrogen-bond acceptors (Lipinski definition) is 3. The number of carbonyl (C=O) groups is 3. The van der Waals surface area contributed by atoms with Crippen LogP contribution in [0.3, 0.4) is 0 Å². The second kappa shape index (κ2) is 11.7. The maximum absolute atomic E-state index is 13.5. The van der Waals surface area contributed by atoms with Gasteiger partial charge in [0.1, 0.15) is 5.82 Å². The van der Waals surface area contributed by atoms with Crippen LogP contribution in [0, 0.1) is 24.6 Å². The molecular formula is C31H38FN3O3. The van der Waals surface area contributed by atoms with E-state index < -0.39 is 0 Å². The maximum atomic E-state index is 13.5. The topological polar surface area (TPSA) is 69.7 Å². The number of nitrogens with zero attached hydrogens (tertiary/aromatic N) is 2. The van der Waals surface area contributed by atoms with Gasteiger partial charge in [0.2, 0.25) is 11.8 Å². The van der Waals surface area contributed by atoms with Gasteiger partial charge in [0.15, 0.2) is 0 Å². The first-order chi connectivity index (χ1) is 18.4. The van der Waals surface area contributed by atoms with Crippen molar-refractivity contribution in [2.45, 2.75) is 76.9 Å². The van der Waals surface area contributed by atoms with Gasteiger partial charge in [0, 0.05) is 49.1 Å². The van der Waals surface area contributed by atoms with Crippen LogP contribution in [0.4, 0.5) is 4.39 Å². The number of nitrogens with one attached hydrogen (secondary N) is 1. The molecule has 1 heterocycles. The summed E-state index contributed by atoms with van der Waals surface area (Å²) >= 11 is 0. The summed E-state index contributed by atoms with van der Waals surface area (Å²) in [5, 5.41) is 3.26. The summed E-state index contributed by atoms with van der Waals surface area (Å²) < 4.78 is 13.5. The Morgan fingerprint density at radius 2 is 1.58 bits per heavy atom. The largest absolute Gasteiger partial charge is 0.353 e. The molecule has 1 saturated heterocycles. The maximum Gasteiger partial charge on any atom is 0.254 e. The highest BCUT2D eigenvalue weighted by atomic mass is 19.1. The van der Waals surface area contributed by atoms with Crippen molar-refractivity contribution in [1.82, 2.24) is 15.1 Å². The highest BCUT2D eigenvalue weighted by molar-refractivity contribution is 5.94. The third-order valence-corrected chi connectivity index (χ3v) is 8.38. The molecule has 1 aliphatic heterocycles. The summed E-state index contributed by atoms with van der Waals surface area (Å²) in [6, 6.07) is 14.1. The molecule has 202 valence electrons. The van der Waals surface area contributed by atoms with Gasteiger partial charge in [0.05, 0.1) is 0 Å². The first-order valence-electron chi connectivity index (χ1n) is 14.1. The zero-order valence-electron chi connectivity index (χ0n) is 22.2. The molecule has 6 nitrogen and oxygen atoms in total. The van der Waals surface area contributed by atoms with Crippen LogP contribution >= 0.6 is 0 Å². The highest BCUT2D eigenvalue weighted by Gasteiger charge is 2.37. The van der Waals surface area contributed by atoms with E-state index in [-0.39, 0.29) is 47.5 Å². The van der Waals surface area contributed by atoms with Crippen molar-refractivity contribution in [2.75, 3.05) is 13.1 Å². The lowest BCUT2D eigenvalue weighted by Gasteiger charge is -2.38. The van der Waals surface area contributed by atoms with Gasteiger partial charge in [-0.25, -0.2) is 4.39 Å². The van der Waals surface area contributed by atoms with E-state index in [1.807, 2.05) is 34.9 Å². The van der Waals surface area contributed by atoms with Gasteiger partial charge in [-0.05, 0) is 88.1 Å². The molecule has 2 aromatic rings. The van der Waals surface area contributed by atoms with Gasteiger partial charge in [0.25, 0.3) is 5.91 Å². The number of hydrogen-bond donors (Lipinski definition) is 1. The lowest BCUT2D eigenvalue weighted by Crippen LogP contribution is -2.48. The number of rotatable bonds is 7. The number of benzene rings is 2. The third-order valence-electron chi connectivity index (χ3n) is 8.38. The van der Waals surface area contributed by atoms with Crippen LogP contribution in [-0.4, -0.2) is 52.7 Å². The van der Waals surface area contributed by atoms with Crippen LogP contribution in [-0.2, 0) is 16.1 Å². The van der Waals surface area contributed by atoms with Crippen LogP contribution in [0.2, 0.25) is 0 Å². The number of carbonyl (C=O) groups excluding carboxylic acids is 3. The minimum atomic E-state index is -0.358. The Balaban J connectivity index is 1.17. The van der Waals surface area contributed by atoms with Crippen LogP contribution in [0.15, 0.2) is 48.5 Å². The summed E-state index contributed by atoms with van der Waals surface area (Å²) in [6.45, 7) is 3.90. The van der Waals surface area contributed by atoms with Gasteiger partial charge in [-0.2, -0.15) is 0 Å². The molecule has 0 atom stereocenters. The monoisotopic (exact) mass is 519 g/mol. The average Bonchev–Trinajstić information content (AvgIpc) is 3.78. The summed E-state index contributed by atoms with van der Waals surface area (Å²) in [7, 11) is 0. The molecule has 2 saturated carbocycles. The predicted molar refractivity (Wildman–Crippen MR) is 144 cm³/mol. The number of piperidine rings is 1. The van der Waals surface area contributed by atoms with Crippen molar-refractivity contribution in [3.05, 3.63) is 71.0 Å². The molecule has 1 N–H and O–H groups in total. The van der Waals surface area contributed by atoms with Crippen molar-refractivity contribution < 1.29 is 18.8 Å². The molecule has 0 radical (unpaired) electrons. The lowest BCUT2D eigenvalue weighted by atomic mass is 9.88. The van der Waals surface area contributed by atoms with Gasteiger partial charge < -0.3 is 15.1 Å². The van der Waals surface area contributed by atoms with E-state index in [2.05, 4.69) is 11.4 Å². The molecule has 2 aromatic carbocycles. The van der Waals surface area contributed by atoms with E-state index in [4.69, 9.17) is 0 Å². The van der Waals surface area contributed by atoms with Crippen molar-refractivity contribution >= 4 is 17.7 Å². The first kappa shape index (κ1) is 26.4. The normalized spacial score (nSPS) is 22.1. The molecule has 0 aromatic heterocycles. The fourth-order valence-electron chi connectivity index (χ4n) is 5.93. The predicted octanol–water partition coefficient (Wildman–Crippen LogP) is 4.85. The molecule has 0 unspecified atom stereocenters. The van der Waals surface area contributed by atoms with E-state index in [0.29, 0.717) is 25.2 Å². The standard InChI is InChI=1S/C31H38FN3O3/c1-21-3-2-4-22(19-21)20-35(31(38)25-7-9-26(32)10-8-25)28-13-11-27(12-14-28)33-29(36)23-15-17-34(18-16-23)30(37)24-5-6-24/h2-4,7-10,19,23-24,27-28H,5-6,11-18,20H2,1H3,(H,33,36). The van der Waals surface area contributed by atoms with Crippen molar-refractivity contribution in [3.8, 4) is 0 Å². The molecular weight excluding hydrogens is 481 g/mol. The Bertz CT molecular complexity index is 1150. The van der Waals surface area contributed by atoms with Crippen LogP contribution in [0.1, 0.15) is 72.9 Å². The molecule has 0 spiro atoms. The molecule has 3 amide bonds. The highest BCUT2D eigenvalue weighted by Crippen LogP contribution is 2.33. The summed E-state index contributed by atoms with van der Waals surface area (Å²) in [4.78, 5) is 42.7. The zero-order valence-corrected chi connectivity index (χ0v) is 22.2. The van der Waals surface area contributed by atoms with Gasteiger partial charge >= 0.3 is 0 Å². The second-order valence-corrected chi connectivity index (χ2v) is 11.3. The summed E-state index contributed by atoms with van der Waals surface area (Å²) in [5.41, 5.74) is 2.70. The quantitative estimate of drug-likeness (QED) is 0.569. The Morgan fingerprint density at radius 3 is 2.21 bits per heavy atom. The molecule has 2 aliphatic carbocycles. The van der Waals surface area contributed by atoms with Gasteiger partial charge in [-0.1, -0.05) is 29.8 Å². The van der Waals surface area contributed by atoms with Crippen LogP contribution in [0.25, 0.3) is 0 Å². The molecule has 3 fully saturated rings. The summed E-state index contributed by atoms with van der Waals surface area (Å²) in [5.74, 6) is 0.123. The Morgan fingerprint density at radius 1 is 0.895 bits per heavy atom. The van der Waals surface area contributed by atoms with Gasteiger partial charge in [-0.3, -0.25) is 14.4 Å². The van der Waals surface area contributed by atoms with Crippen molar-refractivity contribution in [1.29, 1.82) is 0 Å². The Hall–Kier alpha value is -3.22. The number of amides is 3. The first-order valence-corrected chi connectivity index (χ1v) is 14.1. The lowest BCUT2D eigenvalue weighted by molar-refractivity contribution is -0.136. The SMILES string of the molecule is Cc1cccc(CN(C(=O)c2ccc(F)cc2)C2CCC(NC(=O)C3CCN(C(=O)C4CC4)CC3)CC2)c1. The van der Waals surface area contributed by atoms with Crippen molar-refractivity contribution in [3.63, 3.8) is 0 Å². The smallest absolute Gasteiger partial charge is 0.254 e. The van der Waals surface area contributed by atoms with Crippen LogP contribution < -0.4 is 5.32 Å². The second-order valence-electron chi connectivity index (χ2n) is 11.3. The molecule has 7 heteroatoms. The van der Waals surface area contributed by atoms with Crippen LogP contribution in [0.5, 0.6) is 0 Å². The summed E-state index contributed by atoms with van der Waals surface area (Å²) in [6.07, 6.45) is 6.73. The van der Waals surface area contributed by atoms with E-state index in [9.17, 15) is 18.8 Å². The average molecular weight is 520 g/mol. The molecule has 3 aliphatic rings. The van der Waals surface area contributed by atoms with E-state index in [1.165, 1.54) is 12.1 Å². The van der Waals surface area contributed by atoms with E-state index in [0.717, 1.165) is 62.5 Å². The Labute approximate surface area is 224 Å². The number of likely N-dealkylation sites (tertiary alicyclic amines) is 1. The van der Waals surface area contributed by atoms with Crippen molar-refractivity contribution in [2.24, 2.45) is 11.8 Å².